The van der Waals surface area contributed by atoms with Crippen LogP contribution >= 0.6 is 0 Å². The highest BCUT2D eigenvalue weighted by Gasteiger charge is 2.13. The number of nitrogens with one attached hydrogen (secondary N) is 1. The van der Waals surface area contributed by atoms with Crippen LogP contribution in [-0.2, 0) is 0 Å². The second-order valence-electron chi connectivity index (χ2n) is 3.11. The molecule has 0 saturated heterocycles. The Balaban J connectivity index is 2.77. The summed E-state index contributed by atoms with van der Waals surface area (Å²) in [5.41, 5.74) is 0.805. The summed E-state index contributed by atoms with van der Waals surface area (Å²) in [5.74, 6) is 0.216. The molecule has 72 valence electrons. The summed E-state index contributed by atoms with van der Waals surface area (Å²) in [6.45, 7) is 1.90. The van der Waals surface area contributed by atoms with Gasteiger partial charge in [-0.3, -0.25) is 0 Å². The number of likely N-dealkylation sites (N-methyl/N-ethyl adjacent to an activating group) is 1. The van der Waals surface area contributed by atoms with Gasteiger partial charge in [-0.1, -0.05) is 12.1 Å². The minimum atomic E-state index is -0.536. The van der Waals surface area contributed by atoms with Gasteiger partial charge < -0.3 is 15.5 Å². The van der Waals surface area contributed by atoms with Gasteiger partial charge in [-0.15, -0.1) is 0 Å². The van der Waals surface area contributed by atoms with Crippen molar-refractivity contribution in [2.45, 2.75) is 19.1 Å². The molecule has 0 saturated carbocycles. The van der Waals surface area contributed by atoms with Crippen LogP contribution in [0.25, 0.3) is 0 Å². The fraction of sp³-hybridized carbons (Fsp3) is 0.400. The minimum absolute atomic E-state index is 0.00421. The molecule has 0 spiro atoms. The van der Waals surface area contributed by atoms with Crippen molar-refractivity contribution in [1.29, 1.82) is 0 Å². The third kappa shape index (κ3) is 2.44. The molecule has 0 aliphatic heterocycles. The van der Waals surface area contributed by atoms with E-state index in [0.717, 1.165) is 5.56 Å². The van der Waals surface area contributed by atoms with Gasteiger partial charge in [0.1, 0.15) is 5.75 Å². The van der Waals surface area contributed by atoms with Crippen molar-refractivity contribution in [3.05, 3.63) is 29.8 Å². The fourth-order valence-electron chi connectivity index (χ4n) is 1.12. The van der Waals surface area contributed by atoms with Crippen molar-refractivity contribution in [3.8, 4) is 5.75 Å². The zero-order valence-electron chi connectivity index (χ0n) is 7.86. The molecular weight excluding hydrogens is 166 g/mol. The van der Waals surface area contributed by atoms with Gasteiger partial charge in [0.15, 0.2) is 0 Å². The van der Waals surface area contributed by atoms with Crippen LogP contribution in [-0.4, -0.2) is 23.3 Å². The second kappa shape index (κ2) is 4.25. The fourth-order valence-corrected chi connectivity index (χ4v) is 1.12. The molecule has 2 atom stereocenters. The summed E-state index contributed by atoms with van der Waals surface area (Å²) in [5, 5.41) is 21.7. The van der Waals surface area contributed by atoms with Gasteiger partial charge in [0.05, 0.1) is 6.10 Å². The largest absolute Gasteiger partial charge is 0.508 e. The van der Waals surface area contributed by atoms with Crippen LogP contribution in [0.4, 0.5) is 0 Å². The molecule has 1 aromatic carbocycles. The maximum Gasteiger partial charge on any atom is 0.115 e. The number of aliphatic hydroxyl groups is 1. The van der Waals surface area contributed by atoms with Gasteiger partial charge in [-0.25, -0.2) is 0 Å². The molecule has 1 rings (SSSR count). The third-order valence-corrected chi connectivity index (χ3v) is 2.16. The summed E-state index contributed by atoms with van der Waals surface area (Å²) in [6, 6.07) is 6.58. The molecule has 3 N–H and O–H groups in total. The van der Waals surface area contributed by atoms with Crippen LogP contribution in [0.2, 0.25) is 0 Å². The van der Waals surface area contributed by atoms with E-state index in [0.29, 0.717) is 0 Å². The van der Waals surface area contributed by atoms with Crippen LogP contribution in [0, 0.1) is 0 Å². The van der Waals surface area contributed by atoms with E-state index >= 15 is 0 Å². The second-order valence-corrected chi connectivity index (χ2v) is 3.11. The van der Waals surface area contributed by atoms with E-state index in [9.17, 15) is 5.11 Å². The number of phenolic OH excluding ortho intramolecular Hbond substituents is 1. The van der Waals surface area contributed by atoms with E-state index in [1.165, 1.54) is 0 Å². The van der Waals surface area contributed by atoms with Crippen LogP contribution in [0.3, 0.4) is 0 Å². The normalized spacial score (nSPS) is 15.3. The molecule has 3 heteroatoms. The molecule has 0 radical (unpaired) electrons. The summed E-state index contributed by atoms with van der Waals surface area (Å²) in [4.78, 5) is 0. The molecule has 0 amide bonds. The molecule has 0 aliphatic carbocycles. The summed E-state index contributed by atoms with van der Waals surface area (Å²) >= 11 is 0. The molecule has 0 aromatic heterocycles. The Bertz CT molecular complexity index is 258. The Hall–Kier alpha value is -1.06. The van der Waals surface area contributed by atoms with Gasteiger partial charge in [-0.05, 0) is 31.7 Å². The number of benzene rings is 1. The predicted octanol–water partition coefficient (Wildman–Crippen LogP) is 1.03. The number of hydrogen-bond acceptors (Lipinski definition) is 3. The SMILES string of the molecule is CN[C@@H](C)[C@@H](O)c1ccc(O)cc1. The van der Waals surface area contributed by atoms with Crippen molar-refractivity contribution >= 4 is 0 Å². The lowest BCUT2D eigenvalue weighted by molar-refractivity contribution is 0.140. The first kappa shape index (κ1) is 10.0. The Kier molecular flexibility index (Phi) is 3.28. The summed E-state index contributed by atoms with van der Waals surface area (Å²) in [7, 11) is 1.80. The van der Waals surface area contributed by atoms with Crippen LogP contribution < -0.4 is 5.32 Å². The smallest absolute Gasteiger partial charge is 0.115 e. The van der Waals surface area contributed by atoms with Gasteiger partial charge in [0.2, 0.25) is 0 Å². The Morgan fingerprint density at radius 2 is 1.77 bits per heavy atom. The maximum atomic E-state index is 9.74. The standard InChI is InChI=1S/C10H15NO2/c1-7(11-2)10(13)8-3-5-9(12)6-4-8/h3-7,10-13H,1-2H3/t7-,10+/m0/s1. The highest BCUT2D eigenvalue weighted by molar-refractivity contribution is 5.27. The lowest BCUT2D eigenvalue weighted by Gasteiger charge is -2.18. The molecule has 0 fully saturated rings. The first-order valence-electron chi connectivity index (χ1n) is 4.29. The zero-order chi connectivity index (χ0) is 9.84. The quantitative estimate of drug-likeness (QED) is 0.653. The van der Waals surface area contributed by atoms with Crippen LogP contribution in [0.15, 0.2) is 24.3 Å². The van der Waals surface area contributed by atoms with Crippen LogP contribution in [0.1, 0.15) is 18.6 Å². The first-order valence-corrected chi connectivity index (χ1v) is 4.29. The van der Waals surface area contributed by atoms with E-state index in [1.54, 1.807) is 31.3 Å². The molecule has 1 aromatic rings. The molecule has 13 heavy (non-hydrogen) atoms. The average molecular weight is 181 g/mol. The highest BCUT2D eigenvalue weighted by Crippen LogP contribution is 2.19. The topological polar surface area (TPSA) is 52.5 Å². The Morgan fingerprint density at radius 3 is 2.23 bits per heavy atom. The Labute approximate surface area is 78.0 Å². The van der Waals surface area contributed by atoms with E-state index in [4.69, 9.17) is 5.11 Å². The number of hydrogen-bond donors (Lipinski definition) is 3. The zero-order valence-corrected chi connectivity index (χ0v) is 7.86. The number of aliphatic hydroxyl groups excluding tert-OH is 1. The van der Waals surface area contributed by atoms with Crippen molar-refractivity contribution < 1.29 is 10.2 Å². The van der Waals surface area contributed by atoms with Crippen molar-refractivity contribution in [3.63, 3.8) is 0 Å². The van der Waals surface area contributed by atoms with Crippen molar-refractivity contribution in [1.82, 2.24) is 5.32 Å². The highest BCUT2D eigenvalue weighted by atomic mass is 16.3. The van der Waals surface area contributed by atoms with E-state index in [1.807, 2.05) is 6.92 Å². The summed E-state index contributed by atoms with van der Waals surface area (Å²) < 4.78 is 0. The van der Waals surface area contributed by atoms with Gasteiger partial charge >= 0.3 is 0 Å². The van der Waals surface area contributed by atoms with Crippen LogP contribution in [0.5, 0.6) is 5.75 Å². The molecule has 3 nitrogen and oxygen atoms in total. The van der Waals surface area contributed by atoms with E-state index in [-0.39, 0.29) is 11.8 Å². The number of rotatable bonds is 3. The van der Waals surface area contributed by atoms with Gasteiger partial charge in [0, 0.05) is 6.04 Å². The van der Waals surface area contributed by atoms with Gasteiger partial charge in [-0.2, -0.15) is 0 Å². The predicted molar refractivity (Wildman–Crippen MR) is 51.6 cm³/mol. The lowest BCUT2D eigenvalue weighted by Crippen LogP contribution is -2.28. The average Bonchev–Trinajstić information content (AvgIpc) is 2.17. The third-order valence-electron chi connectivity index (χ3n) is 2.16. The minimum Gasteiger partial charge on any atom is -0.508 e. The Morgan fingerprint density at radius 1 is 1.23 bits per heavy atom. The molecular formula is C10H15NO2. The van der Waals surface area contributed by atoms with Gasteiger partial charge in [0.25, 0.3) is 0 Å². The summed E-state index contributed by atoms with van der Waals surface area (Å²) in [6.07, 6.45) is -0.536. The van der Waals surface area contributed by atoms with E-state index in [2.05, 4.69) is 5.32 Å². The molecule has 0 heterocycles. The molecule has 0 bridgehead atoms. The monoisotopic (exact) mass is 181 g/mol. The lowest BCUT2D eigenvalue weighted by atomic mass is 10.0. The van der Waals surface area contributed by atoms with Crippen molar-refractivity contribution in [2.24, 2.45) is 0 Å². The molecule has 0 aliphatic rings. The number of phenols is 1. The van der Waals surface area contributed by atoms with Crippen molar-refractivity contribution in [2.75, 3.05) is 7.05 Å². The van der Waals surface area contributed by atoms with E-state index < -0.39 is 6.10 Å². The maximum absolute atomic E-state index is 9.74. The molecule has 0 unspecified atom stereocenters. The first-order chi connectivity index (χ1) is 6.15. The number of aromatic hydroxyl groups is 1.